The number of rotatable bonds is 4. The number of methoxy groups -OCH3 is 1. The van der Waals surface area contributed by atoms with Crippen molar-refractivity contribution in [2.24, 2.45) is 0 Å². The van der Waals surface area contributed by atoms with E-state index in [1.54, 1.807) is 6.07 Å². The molecular formula is C11H11N3O3. The highest BCUT2D eigenvalue weighted by atomic mass is 16.5. The number of aromatic nitrogens is 3. The van der Waals surface area contributed by atoms with Gasteiger partial charge in [0.25, 0.3) is 0 Å². The molecule has 2 aromatic rings. The first-order valence-electron chi connectivity index (χ1n) is 4.93. The molecule has 1 heterocycles. The molecule has 0 spiro atoms. The number of ketones is 1. The average molecular weight is 233 g/mol. The monoisotopic (exact) mass is 233 g/mol. The number of hydrogen-bond acceptors (Lipinski definition) is 5. The van der Waals surface area contributed by atoms with E-state index in [0.29, 0.717) is 5.75 Å². The second-order valence-corrected chi connectivity index (χ2v) is 3.40. The van der Waals surface area contributed by atoms with Crippen LogP contribution in [0.4, 0.5) is 0 Å². The van der Waals surface area contributed by atoms with Crippen molar-refractivity contribution >= 4 is 5.78 Å². The highest BCUT2D eigenvalue weighted by Crippen LogP contribution is 2.23. The topological polar surface area (TPSA) is 77.2 Å². The summed E-state index contributed by atoms with van der Waals surface area (Å²) in [5.41, 5.74) is 0.237. The summed E-state index contributed by atoms with van der Waals surface area (Å²) in [6, 6.07) is 4.54. The van der Waals surface area contributed by atoms with Crippen molar-refractivity contribution in [1.29, 1.82) is 0 Å². The van der Waals surface area contributed by atoms with Crippen molar-refractivity contribution in [1.82, 2.24) is 14.8 Å². The first-order valence-corrected chi connectivity index (χ1v) is 4.93. The van der Waals surface area contributed by atoms with Gasteiger partial charge < -0.3 is 9.84 Å². The molecule has 2 rings (SSSR count). The minimum absolute atomic E-state index is 0.0416. The molecule has 0 aliphatic carbocycles. The standard InChI is InChI=1S/C11H11N3O3/c1-17-8-2-3-9(10(15)4-8)11(16)5-14-7-12-6-13-14/h2-4,6-7,15H,5H2,1H3. The number of hydrogen-bond donors (Lipinski definition) is 1. The maximum absolute atomic E-state index is 11.8. The molecule has 88 valence electrons. The Morgan fingerprint density at radius 3 is 2.94 bits per heavy atom. The molecule has 0 fully saturated rings. The summed E-state index contributed by atoms with van der Waals surface area (Å²) in [4.78, 5) is 15.6. The lowest BCUT2D eigenvalue weighted by molar-refractivity contribution is 0.0965. The average Bonchev–Trinajstić information content (AvgIpc) is 2.81. The van der Waals surface area contributed by atoms with Gasteiger partial charge in [0, 0.05) is 6.07 Å². The van der Waals surface area contributed by atoms with E-state index in [1.165, 1.54) is 36.6 Å². The minimum atomic E-state index is -0.240. The number of phenols is 1. The fraction of sp³-hybridized carbons (Fsp3) is 0.182. The Morgan fingerprint density at radius 1 is 1.53 bits per heavy atom. The van der Waals surface area contributed by atoms with Crippen LogP contribution in [0.25, 0.3) is 0 Å². The Labute approximate surface area is 97.5 Å². The third-order valence-electron chi connectivity index (χ3n) is 2.28. The smallest absolute Gasteiger partial charge is 0.188 e. The molecule has 6 nitrogen and oxygen atoms in total. The van der Waals surface area contributed by atoms with Crippen LogP contribution >= 0.6 is 0 Å². The van der Waals surface area contributed by atoms with Gasteiger partial charge in [-0.15, -0.1) is 0 Å². The molecule has 0 atom stereocenters. The maximum atomic E-state index is 11.8. The second-order valence-electron chi connectivity index (χ2n) is 3.40. The van der Waals surface area contributed by atoms with Gasteiger partial charge >= 0.3 is 0 Å². The minimum Gasteiger partial charge on any atom is -0.507 e. The lowest BCUT2D eigenvalue weighted by atomic mass is 10.1. The summed E-state index contributed by atoms with van der Waals surface area (Å²) in [6.07, 6.45) is 2.79. The van der Waals surface area contributed by atoms with E-state index in [0.717, 1.165) is 0 Å². The molecule has 1 aromatic heterocycles. The lowest BCUT2D eigenvalue weighted by Gasteiger charge is -2.05. The van der Waals surface area contributed by atoms with Crippen molar-refractivity contribution < 1.29 is 14.6 Å². The Bertz CT molecular complexity index is 523. The van der Waals surface area contributed by atoms with Crippen LogP contribution in [0.2, 0.25) is 0 Å². The summed E-state index contributed by atoms with van der Waals surface area (Å²) in [6.45, 7) is 0.0416. The summed E-state index contributed by atoms with van der Waals surface area (Å²) in [7, 11) is 1.49. The molecule has 0 saturated heterocycles. The Kier molecular flexibility index (Phi) is 3.04. The normalized spacial score (nSPS) is 10.2. The predicted octanol–water partition coefficient (Wildman–Crippen LogP) is 0.875. The van der Waals surface area contributed by atoms with Gasteiger partial charge in [0.15, 0.2) is 5.78 Å². The summed E-state index contributed by atoms with van der Waals surface area (Å²) in [5.74, 6) is 0.157. The van der Waals surface area contributed by atoms with Crippen LogP contribution in [0.5, 0.6) is 11.5 Å². The van der Waals surface area contributed by atoms with Crippen molar-refractivity contribution in [2.75, 3.05) is 7.11 Å². The first kappa shape index (κ1) is 11.1. The fourth-order valence-electron chi connectivity index (χ4n) is 1.42. The molecule has 6 heteroatoms. The van der Waals surface area contributed by atoms with E-state index in [2.05, 4.69) is 10.1 Å². The van der Waals surface area contributed by atoms with Gasteiger partial charge in [0.1, 0.15) is 30.7 Å². The largest absolute Gasteiger partial charge is 0.507 e. The van der Waals surface area contributed by atoms with Crippen LogP contribution in [0, 0.1) is 0 Å². The Balaban J connectivity index is 2.19. The van der Waals surface area contributed by atoms with Crippen molar-refractivity contribution in [3.63, 3.8) is 0 Å². The number of phenolic OH excluding ortho intramolecular Hbond substituents is 1. The van der Waals surface area contributed by atoms with Gasteiger partial charge in [-0.25, -0.2) is 9.67 Å². The molecule has 17 heavy (non-hydrogen) atoms. The Morgan fingerprint density at radius 2 is 2.35 bits per heavy atom. The fourth-order valence-corrected chi connectivity index (χ4v) is 1.42. The Hall–Kier alpha value is -2.37. The van der Waals surface area contributed by atoms with Crippen LogP contribution in [0.3, 0.4) is 0 Å². The summed E-state index contributed by atoms with van der Waals surface area (Å²) in [5, 5.41) is 13.5. The zero-order valence-electron chi connectivity index (χ0n) is 9.20. The molecule has 0 radical (unpaired) electrons. The van der Waals surface area contributed by atoms with Crippen LogP contribution < -0.4 is 4.74 Å². The lowest BCUT2D eigenvalue weighted by Crippen LogP contribution is -2.11. The SMILES string of the molecule is COc1ccc(C(=O)Cn2cncn2)c(O)c1. The van der Waals surface area contributed by atoms with E-state index < -0.39 is 0 Å². The summed E-state index contributed by atoms with van der Waals surface area (Å²) >= 11 is 0. The highest BCUT2D eigenvalue weighted by Gasteiger charge is 2.12. The number of ether oxygens (including phenoxy) is 1. The van der Waals surface area contributed by atoms with Gasteiger partial charge in [-0.1, -0.05) is 0 Å². The van der Waals surface area contributed by atoms with Gasteiger partial charge in [0.05, 0.1) is 12.7 Å². The number of nitrogens with zero attached hydrogens (tertiary/aromatic N) is 3. The summed E-state index contributed by atoms with van der Waals surface area (Å²) < 4.78 is 6.33. The van der Waals surface area contributed by atoms with Gasteiger partial charge in [-0.3, -0.25) is 4.79 Å². The third kappa shape index (κ3) is 2.41. The number of carbonyl (C=O) groups excluding carboxylic acids is 1. The van der Waals surface area contributed by atoms with E-state index in [9.17, 15) is 9.90 Å². The molecule has 0 unspecified atom stereocenters. The van der Waals surface area contributed by atoms with E-state index >= 15 is 0 Å². The molecular weight excluding hydrogens is 222 g/mol. The van der Waals surface area contributed by atoms with Crippen molar-refractivity contribution in [3.8, 4) is 11.5 Å². The third-order valence-corrected chi connectivity index (χ3v) is 2.28. The first-order chi connectivity index (χ1) is 8.20. The predicted molar refractivity (Wildman–Crippen MR) is 59.0 cm³/mol. The van der Waals surface area contributed by atoms with E-state index in [1.807, 2.05) is 0 Å². The van der Waals surface area contributed by atoms with Crippen molar-refractivity contribution in [2.45, 2.75) is 6.54 Å². The van der Waals surface area contributed by atoms with Crippen LogP contribution in [-0.2, 0) is 6.54 Å². The molecule has 0 aliphatic heterocycles. The molecule has 1 aromatic carbocycles. The zero-order chi connectivity index (χ0) is 12.3. The van der Waals surface area contributed by atoms with Crippen molar-refractivity contribution in [3.05, 3.63) is 36.4 Å². The van der Waals surface area contributed by atoms with E-state index in [-0.39, 0.29) is 23.6 Å². The number of benzene rings is 1. The molecule has 0 aliphatic rings. The van der Waals surface area contributed by atoms with E-state index in [4.69, 9.17) is 4.74 Å². The highest BCUT2D eigenvalue weighted by molar-refractivity contribution is 5.98. The van der Waals surface area contributed by atoms with Gasteiger partial charge in [-0.2, -0.15) is 5.10 Å². The molecule has 1 N–H and O–H groups in total. The quantitative estimate of drug-likeness (QED) is 0.793. The van der Waals surface area contributed by atoms with Crippen LogP contribution in [-0.4, -0.2) is 32.8 Å². The molecule has 0 bridgehead atoms. The zero-order valence-corrected chi connectivity index (χ0v) is 9.20. The molecule has 0 amide bonds. The number of carbonyl (C=O) groups is 1. The second kappa shape index (κ2) is 4.65. The molecule has 0 saturated carbocycles. The maximum Gasteiger partial charge on any atom is 0.188 e. The van der Waals surface area contributed by atoms with Gasteiger partial charge in [-0.05, 0) is 12.1 Å². The van der Waals surface area contributed by atoms with Crippen LogP contribution in [0.1, 0.15) is 10.4 Å². The van der Waals surface area contributed by atoms with Crippen LogP contribution in [0.15, 0.2) is 30.9 Å². The number of aromatic hydroxyl groups is 1. The number of Topliss-reactive ketones (excluding diaryl/α,β-unsaturated/α-hetero) is 1. The van der Waals surface area contributed by atoms with Gasteiger partial charge in [0.2, 0.25) is 0 Å².